The number of ether oxygens (including phenoxy) is 1. The summed E-state index contributed by atoms with van der Waals surface area (Å²) in [4.78, 5) is 0. The van der Waals surface area contributed by atoms with E-state index in [2.05, 4.69) is 19.9 Å². The molecule has 15 heavy (non-hydrogen) atoms. The third kappa shape index (κ3) is 1.86. The average Bonchev–Trinajstić information content (AvgIpc) is 2.96. The Bertz CT molecular complexity index is 365. The fraction of sp³-hybridized carbons (Fsp3) is 0.538. The second kappa shape index (κ2) is 3.53. The molecule has 0 amide bonds. The van der Waals surface area contributed by atoms with Gasteiger partial charge in [-0.2, -0.15) is 0 Å². The Morgan fingerprint density at radius 1 is 1.33 bits per heavy atom. The van der Waals surface area contributed by atoms with Gasteiger partial charge in [0.25, 0.3) is 0 Å². The van der Waals surface area contributed by atoms with E-state index in [1.54, 1.807) is 7.11 Å². The molecule has 1 aliphatic carbocycles. The largest absolute Gasteiger partial charge is 0.496 e. The first-order valence-corrected chi connectivity index (χ1v) is 5.47. The molecule has 0 unspecified atom stereocenters. The summed E-state index contributed by atoms with van der Waals surface area (Å²) in [6.07, 6.45) is 1.77. The summed E-state index contributed by atoms with van der Waals surface area (Å²) in [6.45, 7) is 4.27. The van der Waals surface area contributed by atoms with E-state index in [-0.39, 0.29) is 0 Å². The maximum Gasteiger partial charge on any atom is 0.122 e. The number of hydrogen-bond donors (Lipinski definition) is 1. The van der Waals surface area contributed by atoms with Gasteiger partial charge in [-0.05, 0) is 42.0 Å². The minimum absolute atomic E-state index is 0.419. The van der Waals surface area contributed by atoms with Crippen molar-refractivity contribution in [3.8, 4) is 5.75 Å². The van der Waals surface area contributed by atoms with Crippen LogP contribution >= 0.6 is 0 Å². The second-order valence-corrected chi connectivity index (χ2v) is 4.64. The van der Waals surface area contributed by atoms with Gasteiger partial charge < -0.3 is 9.84 Å². The van der Waals surface area contributed by atoms with E-state index in [0.29, 0.717) is 5.92 Å². The van der Waals surface area contributed by atoms with Crippen LogP contribution in [0.5, 0.6) is 5.75 Å². The van der Waals surface area contributed by atoms with Gasteiger partial charge >= 0.3 is 0 Å². The van der Waals surface area contributed by atoms with Crippen LogP contribution in [0.2, 0.25) is 0 Å². The molecule has 1 aliphatic rings. The molecule has 2 rings (SSSR count). The molecule has 0 atom stereocenters. The van der Waals surface area contributed by atoms with Crippen molar-refractivity contribution in [3.63, 3.8) is 0 Å². The fourth-order valence-corrected chi connectivity index (χ4v) is 1.88. The van der Waals surface area contributed by atoms with E-state index in [9.17, 15) is 5.11 Å². The molecule has 0 heterocycles. The standard InChI is InChI=1S/C13H18O2/c1-9(2)11-8-10(13(14)6-7-13)4-5-12(11)15-3/h4-5,8-9,14H,6-7H2,1-3H3. The molecule has 1 aromatic carbocycles. The predicted octanol–water partition coefficient (Wildman–Crippen LogP) is 2.80. The first-order valence-electron chi connectivity index (χ1n) is 5.47. The molecule has 1 fully saturated rings. The maximum absolute atomic E-state index is 10.0. The molecule has 2 nitrogen and oxygen atoms in total. The zero-order chi connectivity index (χ0) is 11.1. The average molecular weight is 206 g/mol. The smallest absolute Gasteiger partial charge is 0.122 e. The number of benzene rings is 1. The molecule has 82 valence electrons. The van der Waals surface area contributed by atoms with E-state index in [4.69, 9.17) is 4.74 Å². The van der Waals surface area contributed by atoms with E-state index in [1.165, 1.54) is 5.56 Å². The molecule has 2 heteroatoms. The van der Waals surface area contributed by atoms with E-state index in [1.807, 2.05) is 12.1 Å². The summed E-state index contributed by atoms with van der Waals surface area (Å²) >= 11 is 0. The minimum atomic E-state index is -0.546. The van der Waals surface area contributed by atoms with Gasteiger partial charge in [-0.25, -0.2) is 0 Å². The molecule has 0 aromatic heterocycles. The van der Waals surface area contributed by atoms with Crippen molar-refractivity contribution < 1.29 is 9.84 Å². The third-order valence-electron chi connectivity index (χ3n) is 3.11. The molecule has 1 N–H and O–H groups in total. The lowest BCUT2D eigenvalue weighted by Crippen LogP contribution is -2.06. The Morgan fingerprint density at radius 2 is 2.00 bits per heavy atom. The molecule has 0 spiro atoms. The topological polar surface area (TPSA) is 29.5 Å². The summed E-state index contributed by atoms with van der Waals surface area (Å²) in [7, 11) is 1.69. The van der Waals surface area contributed by atoms with Crippen LogP contribution in [-0.2, 0) is 5.60 Å². The molecule has 0 saturated heterocycles. The highest BCUT2D eigenvalue weighted by molar-refractivity contribution is 5.42. The zero-order valence-corrected chi connectivity index (χ0v) is 9.58. The molecule has 1 aromatic rings. The van der Waals surface area contributed by atoms with Crippen LogP contribution < -0.4 is 4.74 Å². The number of methoxy groups -OCH3 is 1. The van der Waals surface area contributed by atoms with Crippen molar-refractivity contribution in [2.45, 2.75) is 38.2 Å². The Balaban J connectivity index is 2.41. The summed E-state index contributed by atoms with van der Waals surface area (Å²) in [5.41, 5.74) is 1.66. The van der Waals surface area contributed by atoms with Crippen molar-refractivity contribution in [1.29, 1.82) is 0 Å². The molecule has 0 radical (unpaired) electrons. The SMILES string of the molecule is COc1ccc(C2(O)CC2)cc1C(C)C. The number of aliphatic hydroxyl groups is 1. The lowest BCUT2D eigenvalue weighted by atomic mass is 9.97. The van der Waals surface area contributed by atoms with Gasteiger partial charge in [0, 0.05) is 0 Å². The Kier molecular flexibility index (Phi) is 2.47. The molecular formula is C13H18O2. The van der Waals surface area contributed by atoms with Gasteiger partial charge in [0.2, 0.25) is 0 Å². The molecule has 0 bridgehead atoms. The highest BCUT2D eigenvalue weighted by Crippen LogP contribution is 2.46. The van der Waals surface area contributed by atoms with Crippen LogP contribution in [0, 0.1) is 0 Å². The minimum Gasteiger partial charge on any atom is -0.496 e. The summed E-state index contributed by atoms with van der Waals surface area (Å²) in [6, 6.07) is 6.01. The van der Waals surface area contributed by atoms with Crippen molar-refractivity contribution in [2.75, 3.05) is 7.11 Å². The van der Waals surface area contributed by atoms with Gasteiger partial charge in [-0.15, -0.1) is 0 Å². The van der Waals surface area contributed by atoms with Gasteiger partial charge in [0.15, 0.2) is 0 Å². The lowest BCUT2D eigenvalue weighted by molar-refractivity contribution is 0.151. The summed E-state index contributed by atoms with van der Waals surface area (Å²) < 4.78 is 5.31. The second-order valence-electron chi connectivity index (χ2n) is 4.64. The Morgan fingerprint density at radius 3 is 2.47 bits per heavy atom. The molecule has 0 aliphatic heterocycles. The summed E-state index contributed by atoms with van der Waals surface area (Å²) in [5.74, 6) is 1.33. The van der Waals surface area contributed by atoms with Crippen LogP contribution in [-0.4, -0.2) is 12.2 Å². The van der Waals surface area contributed by atoms with Crippen molar-refractivity contribution in [2.24, 2.45) is 0 Å². The van der Waals surface area contributed by atoms with Crippen LogP contribution in [0.25, 0.3) is 0 Å². The van der Waals surface area contributed by atoms with Crippen LogP contribution in [0.4, 0.5) is 0 Å². The number of hydrogen-bond acceptors (Lipinski definition) is 2. The van der Waals surface area contributed by atoms with Crippen molar-refractivity contribution in [3.05, 3.63) is 29.3 Å². The van der Waals surface area contributed by atoms with E-state index >= 15 is 0 Å². The highest BCUT2D eigenvalue weighted by Gasteiger charge is 2.42. The first-order chi connectivity index (χ1) is 7.07. The number of rotatable bonds is 3. The van der Waals surface area contributed by atoms with Crippen molar-refractivity contribution in [1.82, 2.24) is 0 Å². The molecule has 1 saturated carbocycles. The van der Waals surface area contributed by atoms with E-state index in [0.717, 1.165) is 24.2 Å². The van der Waals surface area contributed by atoms with Gasteiger partial charge in [-0.3, -0.25) is 0 Å². The van der Waals surface area contributed by atoms with Gasteiger partial charge in [0.05, 0.1) is 12.7 Å². The summed E-state index contributed by atoms with van der Waals surface area (Å²) in [5, 5.41) is 10.0. The fourth-order valence-electron chi connectivity index (χ4n) is 1.88. The first kappa shape index (κ1) is 10.5. The normalized spacial score (nSPS) is 17.9. The maximum atomic E-state index is 10.0. The van der Waals surface area contributed by atoms with Gasteiger partial charge in [0.1, 0.15) is 5.75 Å². The monoisotopic (exact) mass is 206 g/mol. The highest BCUT2D eigenvalue weighted by atomic mass is 16.5. The van der Waals surface area contributed by atoms with E-state index < -0.39 is 5.60 Å². The van der Waals surface area contributed by atoms with Gasteiger partial charge in [-0.1, -0.05) is 19.9 Å². The zero-order valence-electron chi connectivity index (χ0n) is 9.58. The van der Waals surface area contributed by atoms with Crippen LogP contribution in [0.1, 0.15) is 43.7 Å². The predicted molar refractivity (Wildman–Crippen MR) is 60.2 cm³/mol. The quantitative estimate of drug-likeness (QED) is 0.824. The Hall–Kier alpha value is -1.02. The third-order valence-corrected chi connectivity index (χ3v) is 3.11. The van der Waals surface area contributed by atoms with Crippen molar-refractivity contribution >= 4 is 0 Å². The van der Waals surface area contributed by atoms with Crippen LogP contribution in [0.3, 0.4) is 0 Å². The van der Waals surface area contributed by atoms with Crippen LogP contribution in [0.15, 0.2) is 18.2 Å². The lowest BCUT2D eigenvalue weighted by Gasteiger charge is -2.15. The Labute approximate surface area is 90.9 Å². The molecular weight excluding hydrogens is 188 g/mol.